The fraction of sp³-hybridized carbons (Fsp3) is 0.542. The Morgan fingerprint density at radius 3 is 2.55 bits per heavy atom. The van der Waals surface area contributed by atoms with Crippen LogP contribution in [0.25, 0.3) is 0 Å². The molecule has 8 nitrogen and oxygen atoms in total. The number of ether oxygens (including phenoxy) is 1. The first kappa shape index (κ1) is 23.5. The van der Waals surface area contributed by atoms with Gasteiger partial charge in [-0.3, -0.25) is 9.59 Å². The van der Waals surface area contributed by atoms with Gasteiger partial charge in [-0.25, -0.2) is 4.79 Å². The van der Waals surface area contributed by atoms with Crippen molar-refractivity contribution >= 4 is 46.1 Å². The Morgan fingerprint density at radius 2 is 1.94 bits per heavy atom. The van der Waals surface area contributed by atoms with Gasteiger partial charge in [-0.2, -0.15) is 5.10 Å². The van der Waals surface area contributed by atoms with Gasteiger partial charge in [-0.1, -0.05) is 32.5 Å². The Morgan fingerprint density at radius 1 is 1.21 bits per heavy atom. The van der Waals surface area contributed by atoms with E-state index in [1.807, 2.05) is 0 Å². The van der Waals surface area contributed by atoms with Gasteiger partial charge in [0.1, 0.15) is 5.25 Å². The number of hydrogen-bond acceptors (Lipinski definition) is 7. The van der Waals surface area contributed by atoms with Crippen molar-refractivity contribution in [1.82, 2.24) is 5.32 Å². The van der Waals surface area contributed by atoms with Gasteiger partial charge >= 0.3 is 5.97 Å². The van der Waals surface area contributed by atoms with E-state index in [1.54, 1.807) is 31.2 Å². The van der Waals surface area contributed by atoms with E-state index < -0.39 is 11.2 Å². The molecular weight excluding hydrogens is 440 g/mol. The normalized spacial score (nSPS) is 30.0. The van der Waals surface area contributed by atoms with Crippen LogP contribution in [0.4, 0.5) is 5.69 Å². The number of amides is 2. The number of fused-ring (bicyclic) bond motifs is 2. The molecule has 2 saturated carbocycles. The molecule has 1 saturated heterocycles. The van der Waals surface area contributed by atoms with Crippen molar-refractivity contribution in [3.05, 3.63) is 29.8 Å². The van der Waals surface area contributed by atoms with Gasteiger partial charge in [0.25, 0.3) is 0 Å². The van der Waals surface area contributed by atoms with Crippen LogP contribution in [0, 0.1) is 16.7 Å². The Labute approximate surface area is 198 Å². The molecule has 1 aliphatic heterocycles. The highest BCUT2D eigenvalue weighted by molar-refractivity contribution is 8.15. The molecule has 0 radical (unpaired) electrons. The summed E-state index contributed by atoms with van der Waals surface area (Å²) in [5, 5.41) is 14.2. The van der Waals surface area contributed by atoms with Crippen LogP contribution in [0.1, 0.15) is 63.7 Å². The Balaban J connectivity index is 1.33. The molecule has 176 valence electrons. The second-order valence-electron chi connectivity index (χ2n) is 9.59. The highest BCUT2D eigenvalue weighted by Gasteiger charge is 2.60. The maximum absolute atomic E-state index is 12.4. The van der Waals surface area contributed by atoms with E-state index in [0.29, 0.717) is 28.9 Å². The summed E-state index contributed by atoms with van der Waals surface area (Å²) in [7, 11) is 0. The average molecular weight is 471 g/mol. The lowest BCUT2D eigenvalue weighted by Gasteiger charge is -2.34. The number of thioether (sulfide) groups is 1. The SMILES string of the molecule is CCOC(=O)c1ccc(NC(=O)CC2S/C(=N\N=C3\CC4CCC3(C)C4(C)C)NC2=O)cc1. The van der Waals surface area contributed by atoms with Gasteiger partial charge in [0.05, 0.1) is 12.2 Å². The molecule has 3 atom stereocenters. The minimum Gasteiger partial charge on any atom is -0.462 e. The molecule has 2 amide bonds. The summed E-state index contributed by atoms with van der Waals surface area (Å²) >= 11 is 1.23. The van der Waals surface area contributed by atoms with Crippen LogP contribution in [0.15, 0.2) is 34.5 Å². The number of carbonyl (C=O) groups excluding carboxylic acids is 3. The van der Waals surface area contributed by atoms with E-state index in [2.05, 4.69) is 41.6 Å². The molecule has 4 rings (SSSR count). The van der Waals surface area contributed by atoms with Crippen molar-refractivity contribution in [2.24, 2.45) is 27.0 Å². The van der Waals surface area contributed by atoms with Crippen molar-refractivity contribution in [3.8, 4) is 0 Å². The van der Waals surface area contributed by atoms with Crippen LogP contribution in [0.3, 0.4) is 0 Å². The number of benzene rings is 1. The lowest BCUT2D eigenvalue weighted by molar-refractivity contribution is -0.122. The molecular formula is C24H30N4O4S. The zero-order valence-corrected chi connectivity index (χ0v) is 20.3. The molecule has 2 bridgehead atoms. The monoisotopic (exact) mass is 470 g/mol. The van der Waals surface area contributed by atoms with E-state index in [0.717, 1.165) is 18.6 Å². The van der Waals surface area contributed by atoms with Gasteiger partial charge in [-0.15, -0.1) is 5.10 Å². The molecule has 2 aliphatic carbocycles. The fourth-order valence-corrected chi connectivity index (χ4v) is 5.97. The van der Waals surface area contributed by atoms with E-state index in [-0.39, 0.29) is 29.1 Å². The molecule has 2 N–H and O–H groups in total. The zero-order valence-electron chi connectivity index (χ0n) is 19.4. The summed E-state index contributed by atoms with van der Waals surface area (Å²) in [5.74, 6) is -0.310. The molecule has 3 fully saturated rings. The van der Waals surface area contributed by atoms with Crippen LogP contribution in [0.5, 0.6) is 0 Å². The largest absolute Gasteiger partial charge is 0.462 e. The third-order valence-corrected chi connectivity index (χ3v) is 8.67. The summed E-state index contributed by atoms with van der Waals surface area (Å²) in [6.07, 6.45) is 3.32. The van der Waals surface area contributed by atoms with Crippen LogP contribution in [-0.2, 0) is 14.3 Å². The topological polar surface area (TPSA) is 109 Å². The third kappa shape index (κ3) is 4.43. The van der Waals surface area contributed by atoms with E-state index in [1.165, 1.54) is 18.2 Å². The van der Waals surface area contributed by atoms with Crippen molar-refractivity contribution < 1.29 is 19.1 Å². The van der Waals surface area contributed by atoms with Gasteiger partial charge in [0.2, 0.25) is 11.8 Å². The highest BCUT2D eigenvalue weighted by Crippen LogP contribution is 2.64. The first-order chi connectivity index (χ1) is 15.6. The van der Waals surface area contributed by atoms with Crippen LogP contribution in [-0.4, -0.2) is 40.5 Å². The van der Waals surface area contributed by atoms with Gasteiger partial charge in [0, 0.05) is 23.2 Å². The third-order valence-electron chi connectivity index (χ3n) is 7.60. The summed E-state index contributed by atoms with van der Waals surface area (Å²) in [6, 6.07) is 6.44. The van der Waals surface area contributed by atoms with Gasteiger partial charge in [-0.05, 0) is 61.8 Å². The molecule has 1 aromatic rings. The Hall–Kier alpha value is -2.68. The van der Waals surface area contributed by atoms with Crippen LogP contribution < -0.4 is 10.6 Å². The first-order valence-electron chi connectivity index (χ1n) is 11.3. The predicted molar refractivity (Wildman–Crippen MR) is 129 cm³/mol. The smallest absolute Gasteiger partial charge is 0.338 e. The van der Waals surface area contributed by atoms with Crippen molar-refractivity contribution in [2.45, 2.75) is 58.6 Å². The van der Waals surface area contributed by atoms with Crippen molar-refractivity contribution in [1.29, 1.82) is 0 Å². The Kier molecular flexibility index (Phi) is 6.35. The fourth-order valence-electron chi connectivity index (χ4n) is 5.06. The average Bonchev–Trinajstić information content (AvgIpc) is 3.29. The van der Waals surface area contributed by atoms with Crippen molar-refractivity contribution in [2.75, 3.05) is 11.9 Å². The number of anilines is 1. The highest BCUT2D eigenvalue weighted by atomic mass is 32.2. The molecule has 1 aromatic carbocycles. The molecule has 9 heteroatoms. The van der Waals surface area contributed by atoms with E-state index in [4.69, 9.17) is 4.74 Å². The summed E-state index contributed by atoms with van der Waals surface area (Å²) in [4.78, 5) is 36.5. The number of nitrogens with one attached hydrogen (secondary N) is 2. The zero-order chi connectivity index (χ0) is 23.8. The minimum atomic E-state index is -0.560. The Bertz CT molecular complexity index is 1030. The quantitative estimate of drug-likeness (QED) is 0.483. The molecule has 3 aliphatic rings. The number of hydrogen-bond donors (Lipinski definition) is 2. The standard InChI is InChI=1S/C24H30N4O4S/c1-5-32-21(31)14-6-8-16(9-7-14)25-19(29)13-17-20(30)26-22(33-17)28-27-18-12-15-10-11-24(18,4)23(15,2)3/h6-9,15,17H,5,10-13H2,1-4H3,(H,25,29)(H,26,28,30)/b27-18-. The molecule has 0 aromatic heterocycles. The molecule has 1 heterocycles. The lowest BCUT2D eigenvalue weighted by atomic mass is 9.70. The van der Waals surface area contributed by atoms with Crippen LogP contribution in [0.2, 0.25) is 0 Å². The summed E-state index contributed by atoms with van der Waals surface area (Å²) in [6.45, 7) is 8.93. The number of rotatable bonds is 6. The molecule has 33 heavy (non-hydrogen) atoms. The maximum atomic E-state index is 12.4. The maximum Gasteiger partial charge on any atom is 0.338 e. The number of esters is 1. The summed E-state index contributed by atoms with van der Waals surface area (Å²) < 4.78 is 4.95. The van der Waals surface area contributed by atoms with Gasteiger partial charge < -0.3 is 15.4 Å². The number of carbonyl (C=O) groups is 3. The van der Waals surface area contributed by atoms with Crippen LogP contribution >= 0.6 is 11.8 Å². The van der Waals surface area contributed by atoms with Gasteiger partial charge in [0.15, 0.2) is 5.17 Å². The summed E-state index contributed by atoms with van der Waals surface area (Å²) in [5.41, 5.74) is 2.34. The van der Waals surface area contributed by atoms with E-state index in [9.17, 15) is 14.4 Å². The first-order valence-corrected chi connectivity index (χ1v) is 12.2. The number of nitrogens with zero attached hydrogens (tertiary/aromatic N) is 2. The lowest BCUT2D eigenvalue weighted by Crippen LogP contribution is -2.32. The molecule has 3 unspecified atom stereocenters. The second kappa shape index (κ2) is 8.93. The van der Waals surface area contributed by atoms with E-state index >= 15 is 0 Å². The number of amidine groups is 1. The second-order valence-corrected chi connectivity index (χ2v) is 10.8. The molecule has 0 spiro atoms. The predicted octanol–water partition coefficient (Wildman–Crippen LogP) is 3.98. The minimum absolute atomic E-state index is 0.0124. The van der Waals surface area contributed by atoms with Crippen molar-refractivity contribution in [3.63, 3.8) is 0 Å².